The van der Waals surface area contributed by atoms with Crippen LogP contribution in [0.1, 0.15) is 126 Å². The summed E-state index contributed by atoms with van der Waals surface area (Å²) in [5.74, 6) is 2.08. The maximum Gasteiger partial charge on any atom is 0.0686 e. The minimum Gasteiger partial charge on any atom is -0.198 e. The number of hydrogen-bond acceptors (Lipinski definition) is 1. The Hall–Kier alpha value is -1.29. The molecule has 0 radical (unpaired) electrons. The van der Waals surface area contributed by atoms with Gasteiger partial charge in [0.2, 0.25) is 0 Å². The molecule has 0 saturated carbocycles. The molecule has 1 aliphatic rings. The summed E-state index contributed by atoms with van der Waals surface area (Å²) in [6, 6.07) is 2.67. The summed E-state index contributed by atoms with van der Waals surface area (Å²) in [6.07, 6.45) is 21.3. The van der Waals surface area contributed by atoms with E-state index in [0.717, 1.165) is 18.8 Å². The van der Waals surface area contributed by atoms with Crippen LogP contribution in [-0.2, 0) is 0 Å². The van der Waals surface area contributed by atoms with E-state index in [9.17, 15) is 5.26 Å². The molecule has 1 heteroatoms. The van der Waals surface area contributed by atoms with Crippen molar-refractivity contribution < 1.29 is 0 Å². The van der Waals surface area contributed by atoms with Crippen LogP contribution in [0.2, 0.25) is 0 Å². The van der Waals surface area contributed by atoms with Gasteiger partial charge in [-0.25, -0.2) is 0 Å². The molecule has 0 aromatic heterocycles. The van der Waals surface area contributed by atoms with Gasteiger partial charge in [0, 0.05) is 0 Å². The number of nitrogens with zero attached hydrogens (tertiary/aromatic N) is 1. The van der Waals surface area contributed by atoms with Crippen LogP contribution in [0.15, 0.2) is 36.0 Å². The standard InChI is InChI=1S/C31H53N/c1-9-25(2)13-10-19-30(6,7)20-12-22-31(8,24-32)21-11-14-26(3)15-17-29-18-16-27(4)28(5)23-29/h9,18,23,25-27H,1,10-17,19-22H2,2-8H3. The highest BCUT2D eigenvalue weighted by atomic mass is 14.4. The molecule has 32 heavy (non-hydrogen) atoms. The van der Waals surface area contributed by atoms with E-state index in [1.165, 1.54) is 75.4 Å². The first-order valence-electron chi connectivity index (χ1n) is 13.4. The lowest BCUT2D eigenvalue weighted by molar-refractivity contribution is 0.253. The lowest BCUT2D eigenvalue weighted by Gasteiger charge is -2.28. The first-order valence-corrected chi connectivity index (χ1v) is 13.4. The highest BCUT2D eigenvalue weighted by Gasteiger charge is 2.25. The first kappa shape index (κ1) is 28.7. The van der Waals surface area contributed by atoms with E-state index >= 15 is 0 Å². The Morgan fingerprint density at radius 2 is 1.69 bits per heavy atom. The van der Waals surface area contributed by atoms with Gasteiger partial charge in [0.1, 0.15) is 0 Å². The van der Waals surface area contributed by atoms with E-state index in [2.05, 4.69) is 79.3 Å². The van der Waals surface area contributed by atoms with Crippen molar-refractivity contribution in [1.29, 1.82) is 5.26 Å². The molecule has 182 valence electrons. The summed E-state index contributed by atoms with van der Waals surface area (Å²) in [7, 11) is 0. The number of nitriles is 1. The van der Waals surface area contributed by atoms with E-state index in [4.69, 9.17) is 0 Å². The molecular weight excluding hydrogens is 386 g/mol. The largest absolute Gasteiger partial charge is 0.198 e. The Morgan fingerprint density at radius 3 is 2.31 bits per heavy atom. The second kappa shape index (κ2) is 14.1. The minimum atomic E-state index is -0.158. The van der Waals surface area contributed by atoms with Gasteiger partial charge in [-0.3, -0.25) is 0 Å². The molecule has 0 heterocycles. The van der Waals surface area contributed by atoms with Gasteiger partial charge >= 0.3 is 0 Å². The minimum absolute atomic E-state index is 0.158. The Labute approximate surface area is 201 Å². The molecule has 0 bridgehead atoms. The molecule has 1 rings (SSSR count). The van der Waals surface area contributed by atoms with E-state index in [1.807, 2.05) is 0 Å². The lowest BCUT2D eigenvalue weighted by atomic mass is 9.76. The van der Waals surface area contributed by atoms with Gasteiger partial charge in [-0.15, -0.1) is 6.58 Å². The first-order chi connectivity index (χ1) is 15.0. The van der Waals surface area contributed by atoms with Crippen LogP contribution in [0.25, 0.3) is 0 Å². The normalized spacial score (nSPS) is 20.5. The van der Waals surface area contributed by atoms with Crippen LogP contribution < -0.4 is 0 Å². The SMILES string of the molecule is C=CC(C)CCCC(C)(C)CCCC(C)(C#N)CCCC(C)CCC1=CCC(C)C(C)=C1. The van der Waals surface area contributed by atoms with Crippen molar-refractivity contribution >= 4 is 0 Å². The van der Waals surface area contributed by atoms with Gasteiger partial charge in [-0.1, -0.05) is 89.7 Å². The van der Waals surface area contributed by atoms with Gasteiger partial charge in [0.05, 0.1) is 11.5 Å². The summed E-state index contributed by atoms with van der Waals surface area (Å²) < 4.78 is 0. The van der Waals surface area contributed by atoms with Crippen LogP contribution in [0.3, 0.4) is 0 Å². The van der Waals surface area contributed by atoms with Gasteiger partial charge < -0.3 is 0 Å². The van der Waals surface area contributed by atoms with Gasteiger partial charge in [0.25, 0.3) is 0 Å². The number of hydrogen-bond donors (Lipinski definition) is 0. The zero-order valence-corrected chi connectivity index (χ0v) is 22.6. The third kappa shape index (κ3) is 11.5. The summed E-state index contributed by atoms with van der Waals surface area (Å²) >= 11 is 0. The highest BCUT2D eigenvalue weighted by molar-refractivity contribution is 5.28. The van der Waals surface area contributed by atoms with Crippen molar-refractivity contribution in [3.05, 3.63) is 36.0 Å². The molecule has 1 aliphatic carbocycles. The van der Waals surface area contributed by atoms with E-state index in [0.29, 0.717) is 17.3 Å². The lowest BCUT2D eigenvalue weighted by Crippen LogP contribution is -2.17. The molecule has 0 fully saturated rings. The summed E-state index contributed by atoms with van der Waals surface area (Å²) in [6.45, 7) is 20.1. The Balaban J connectivity index is 2.29. The second-order valence-corrected chi connectivity index (χ2v) is 12.1. The van der Waals surface area contributed by atoms with E-state index in [-0.39, 0.29) is 5.41 Å². The van der Waals surface area contributed by atoms with Gasteiger partial charge in [-0.05, 0) is 88.4 Å². The van der Waals surface area contributed by atoms with Crippen LogP contribution in [0.5, 0.6) is 0 Å². The monoisotopic (exact) mass is 439 g/mol. The van der Waals surface area contributed by atoms with Crippen LogP contribution in [0, 0.1) is 39.9 Å². The van der Waals surface area contributed by atoms with Crippen molar-refractivity contribution in [3.63, 3.8) is 0 Å². The van der Waals surface area contributed by atoms with Gasteiger partial charge in [0.15, 0.2) is 0 Å². The fourth-order valence-electron chi connectivity index (χ4n) is 4.92. The van der Waals surface area contributed by atoms with Crippen LogP contribution in [0.4, 0.5) is 0 Å². The van der Waals surface area contributed by atoms with Crippen LogP contribution in [-0.4, -0.2) is 0 Å². The highest BCUT2D eigenvalue weighted by Crippen LogP contribution is 2.36. The molecule has 0 N–H and O–H groups in total. The average molecular weight is 440 g/mol. The Kier molecular flexibility index (Phi) is 12.6. The van der Waals surface area contributed by atoms with Crippen molar-refractivity contribution in [1.82, 2.24) is 0 Å². The van der Waals surface area contributed by atoms with E-state index < -0.39 is 0 Å². The molecule has 0 aromatic carbocycles. The Bertz CT molecular complexity index is 658. The third-order valence-corrected chi connectivity index (χ3v) is 8.04. The van der Waals surface area contributed by atoms with Crippen molar-refractivity contribution in [2.24, 2.45) is 28.6 Å². The fraction of sp³-hybridized carbons (Fsp3) is 0.774. The fourth-order valence-corrected chi connectivity index (χ4v) is 4.92. The predicted molar refractivity (Wildman–Crippen MR) is 142 cm³/mol. The summed E-state index contributed by atoms with van der Waals surface area (Å²) in [5.41, 5.74) is 3.30. The zero-order valence-electron chi connectivity index (χ0n) is 22.6. The summed E-state index contributed by atoms with van der Waals surface area (Å²) in [4.78, 5) is 0. The molecule has 1 nitrogen and oxygen atoms in total. The molecule has 0 aliphatic heterocycles. The zero-order chi connectivity index (χ0) is 24.2. The summed E-state index contributed by atoms with van der Waals surface area (Å²) in [5, 5.41) is 9.86. The van der Waals surface area contributed by atoms with Gasteiger partial charge in [-0.2, -0.15) is 5.26 Å². The molecule has 4 atom stereocenters. The van der Waals surface area contributed by atoms with Crippen molar-refractivity contribution in [2.45, 2.75) is 126 Å². The predicted octanol–water partition coefficient (Wildman–Crippen LogP) is 10.2. The quantitative estimate of drug-likeness (QED) is 0.219. The van der Waals surface area contributed by atoms with Crippen LogP contribution >= 0.6 is 0 Å². The average Bonchev–Trinajstić information content (AvgIpc) is 2.74. The molecule has 0 spiro atoms. The number of allylic oxidation sites excluding steroid dienone is 5. The third-order valence-electron chi connectivity index (χ3n) is 8.04. The molecule has 0 saturated heterocycles. The van der Waals surface area contributed by atoms with Crippen molar-refractivity contribution in [3.8, 4) is 6.07 Å². The second-order valence-electron chi connectivity index (χ2n) is 12.1. The topological polar surface area (TPSA) is 23.8 Å². The Morgan fingerprint density at radius 1 is 1.06 bits per heavy atom. The molecule has 0 aromatic rings. The van der Waals surface area contributed by atoms with E-state index in [1.54, 1.807) is 0 Å². The smallest absolute Gasteiger partial charge is 0.0686 e. The molecular formula is C31H53N. The number of rotatable bonds is 16. The molecule has 4 unspecified atom stereocenters. The van der Waals surface area contributed by atoms with Crippen molar-refractivity contribution in [2.75, 3.05) is 0 Å². The maximum atomic E-state index is 9.86. The maximum absolute atomic E-state index is 9.86. The molecule has 0 amide bonds.